The van der Waals surface area contributed by atoms with Crippen LogP contribution in [0.25, 0.3) is 0 Å². The van der Waals surface area contributed by atoms with Gasteiger partial charge in [-0.2, -0.15) is 0 Å². The predicted molar refractivity (Wildman–Crippen MR) is 52.4 cm³/mol. The summed E-state index contributed by atoms with van der Waals surface area (Å²) in [6, 6.07) is -0.357. The molecule has 0 radical (unpaired) electrons. The van der Waals surface area contributed by atoms with Crippen molar-refractivity contribution in [2.75, 3.05) is 0 Å². The van der Waals surface area contributed by atoms with Crippen LogP contribution in [0.2, 0.25) is 0 Å². The smallest absolute Gasteiger partial charge is 0.320 e. The minimum atomic E-state index is -0.807. The second-order valence-corrected chi connectivity index (χ2v) is 2.98. The van der Waals surface area contributed by atoms with Crippen molar-refractivity contribution in [3.8, 4) is 12.3 Å². The van der Waals surface area contributed by atoms with Crippen LogP contribution in [0.4, 0.5) is 0 Å². The van der Waals surface area contributed by atoms with Crippen molar-refractivity contribution in [3.63, 3.8) is 0 Å². The molecule has 0 bridgehead atoms. The molecule has 2 unspecified atom stereocenters. The third-order valence-corrected chi connectivity index (χ3v) is 2.00. The molecule has 74 valence electrons. The highest BCUT2D eigenvalue weighted by atomic mass is 16.4. The molecule has 0 amide bonds. The number of nitrogens with one attached hydrogen (secondary N) is 1. The van der Waals surface area contributed by atoms with Crippen molar-refractivity contribution in [2.45, 2.75) is 45.2 Å². The standard InChI is InChI=1S/C10H17NO2/c1-4-7-8(5-2)11-9(6-3)10(12)13/h1,8-9,11H,5-7H2,2-3H3,(H,12,13). The van der Waals surface area contributed by atoms with Crippen LogP contribution in [0.5, 0.6) is 0 Å². The summed E-state index contributed by atoms with van der Waals surface area (Å²) in [5.41, 5.74) is 0. The van der Waals surface area contributed by atoms with E-state index < -0.39 is 12.0 Å². The number of rotatable bonds is 6. The average molecular weight is 183 g/mol. The zero-order chi connectivity index (χ0) is 10.3. The maximum Gasteiger partial charge on any atom is 0.320 e. The Morgan fingerprint density at radius 2 is 2.15 bits per heavy atom. The van der Waals surface area contributed by atoms with E-state index in [2.05, 4.69) is 11.2 Å². The summed E-state index contributed by atoms with van der Waals surface area (Å²) in [6.07, 6.45) is 7.18. The molecular formula is C10H17NO2. The summed E-state index contributed by atoms with van der Waals surface area (Å²) in [4.78, 5) is 10.7. The quantitative estimate of drug-likeness (QED) is 0.609. The fraction of sp³-hybridized carbons (Fsp3) is 0.700. The van der Waals surface area contributed by atoms with E-state index >= 15 is 0 Å². The van der Waals surface area contributed by atoms with Crippen LogP contribution >= 0.6 is 0 Å². The lowest BCUT2D eigenvalue weighted by Crippen LogP contribution is -2.42. The van der Waals surface area contributed by atoms with Gasteiger partial charge in [-0.25, -0.2) is 0 Å². The molecule has 3 heteroatoms. The van der Waals surface area contributed by atoms with Crippen molar-refractivity contribution in [1.29, 1.82) is 0 Å². The van der Waals surface area contributed by atoms with Gasteiger partial charge in [0.05, 0.1) is 0 Å². The molecule has 2 atom stereocenters. The van der Waals surface area contributed by atoms with Crippen molar-refractivity contribution in [1.82, 2.24) is 5.32 Å². The number of carboxylic acids is 1. The molecule has 2 N–H and O–H groups in total. The largest absolute Gasteiger partial charge is 0.480 e. The fourth-order valence-electron chi connectivity index (χ4n) is 1.11. The minimum absolute atomic E-state index is 0.117. The average Bonchev–Trinajstić information content (AvgIpc) is 2.11. The molecule has 0 saturated heterocycles. The molecular weight excluding hydrogens is 166 g/mol. The fourth-order valence-corrected chi connectivity index (χ4v) is 1.11. The van der Waals surface area contributed by atoms with Crippen LogP contribution in [-0.2, 0) is 4.79 Å². The number of hydrogen-bond acceptors (Lipinski definition) is 2. The second kappa shape index (κ2) is 6.50. The van der Waals surface area contributed by atoms with E-state index in [4.69, 9.17) is 11.5 Å². The molecule has 0 aromatic carbocycles. The molecule has 3 nitrogen and oxygen atoms in total. The van der Waals surface area contributed by atoms with E-state index in [-0.39, 0.29) is 6.04 Å². The first-order valence-electron chi connectivity index (χ1n) is 4.57. The Kier molecular flexibility index (Phi) is 5.99. The van der Waals surface area contributed by atoms with Gasteiger partial charge in [0.1, 0.15) is 6.04 Å². The third-order valence-electron chi connectivity index (χ3n) is 2.00. The molecule has 0 aliphatic carbocycles. The summed E-state index contributed by atoms with van der Waals surface area (Å²) >= 11 is 0. The monoisotopic (exact) mass is 183 g/mol. The molecule has 0 heterocycles. The molecule has 0 aliphatic rings. The Morgan fingerprint density at radius 1 is 1.54 bits per heavy atom. The predicted octanol–water partition coefficient (Wildman–Crippen LogP) is 1.24. The van der Waals surface area contributed by atoms with Crippen molar-refractivity contribution >= 4 is 5.97 Å². The van der Waals surface area contributed by atoms with Gasteiger partial charge in [-0.05, 0) is 12.8 Å². The van der Waals surface area contributed by atoms with Gasteiger partial charge in [0, 0.05) is 12.5 Å². The minimum Gasteiger partial charge on any atom is -0.480 e. The summed E-state index contributed by atoms with van der Waals surface area (Å²) in [6.45, 7) is 3.83. The van der Waals surface area contributed by atoms with Gasteiger partial charge in [0.25, 0.3) is 0 Å². The zero-order valence-electron chi connectivity index (χ0n) is 8.21. The number of hydrogen-bond donors (Lipinski definition) is 2. The maximum absolute atomic E-state index is 10.7. The SMILES string of the molecule is C#CCC(CC)NC(CC)C(=O)O. The van der Waals surface area contributed by atoms with Crippen LogP contribution in [0.15, 0.2) is 0 Å². The van der Waals surface area contributed by atoms with Gasteiger partial charge in [-0.1, -0.05) is 13.8 Å². The van der Waals surface area contributed by atoms with Crippen molar-refractivity contribution in [3.05, 3.63) is 0 Å². The van der Waals surface area contributed by atoms with Gasteiger partial charge < -0.3 is 10.4 Å². The molecule has 0 rings (SSSR count). The second-order valence-electron chi connectivity index (χ2n) is 2.98. The topological polar surface area (TPSA) is 49.3 Å². The number of aliphatic carboxylic acids is 1. The molecule has 0 spiro atoms. The van der Waals surface area contributed by atoms with Gasteiger partial charge in [0.15, 0.2) is 0 Å². The lowest BCUT2D eigenvalue weighted by atomic mass is 10.1. The highest BCUT2D eigenvalue weighted by Gasteiger charge is 2.17. The van der Waals surface area contributed by atoms with Crippen LogP contribution in [-0.4, -0.2) is 23.2 Å². The van der Waals surface area contributed by atoms with Crippen LogP contribution in [0.1, 0.15) is 33.1 Å². The molecule has 0 aliphatic heterocycles. The molecule has 0 saturated carbocycles. The number of carbonyl (C=O) groups is 1. The van der Waals surface area contributed by atoms with Crippen LogP contribution in [0, 0.1) is 12.3 Å². The van der Waals surface area contributed by atoms with Crippen LogP contribution in [0.3, 0.4) is 0 Å². The number of carboxylic acid groups (broad SMARTS) is 1. The lowest BCUT2D eigenvalue weighted by molar-refractivity contribution is -0.139. The third kappa shape index (κ3) is 4.54. The van der Waals surface area contributed by atoms with Gasteiger partial charge in [-0.3, -0.25) is 4.79 Å². The summed E-state index contributed by atoms with van der Waals surface area (Å²) in [7, 11) is 0. The van der Waals surface area contributed by atoms with Gasteiger partial charge in [0.2, 0.25) is 0 Å². The van der Waals surface area contributed by atoms with Crippen molar-refractivity contribution < 1.29 is 9.90 Å². The van der Waals surface area contributed by atoms with Crippen molar-refractivity contribution in [2.24, 2.45) is 0 Å². The normalized spacial score (nSPS) is 14.5. The first-order chi connectivity index (χ1) is 6.15. The highest BCUT2D eigenvalue weighted by Crippen LogP contribution is 2.00. The Balaban J connectivity index is 4.04. The van der Waals surface area contributed by atoms with Gasteiger partial charge >= 0.3 is 5.97 Å². The zero-order valence-corrected chi connectivity index (χ0v) is 8.21. The molecule has 13 heavy (non-hydrogen) atoms. The summed E-state index contributed by atoms with van der Waals surface area (Å²) in [5.74, 6) is 1.72. The van der Waals surface area contributed by atoms with E-state index in [0.29, 0.717) is 12.8 Å². The van der Waals surface area contributed by atoms with E-state index in [1.165, 1.54) is 0 Å². The first-order valence-corrected chi connectivity index (χ1v) is 4.57. The number of terminal acetylenes is 1. The summed E-state index contributed by atoms with van der Waals surface area (Å²) in [5, 5.41) is 11.8. The Hall–Kier alpha value is -1.01. The summed E-state index contributed by atoms with van der Waals surface area (Å²) < 4.78 is 0. The van der Waals surface area contributed by atoms with Crippen LogP contribution < -0.4 is 5.32 Å². The Bertz CT molecular complexity index is 196. The first kappa shape index (κ1) is 12.0. The van der Waals surface area contributed by atoms with E-state index in [1.54, 1.807) is 0 Å². The molecule has 0 fully saturated rings. The molecule has 0 aromatic heterocycles. The lowest BCUT2D eigenvalue weighted by Gasteiger charge is -2.19. The Labute approximate surface area is 79.5 Å². The van der Waals surface area contributed by atoms with E-state index in [9.17, 15) is 4.79 Å². The maximum atomic E-state index is 10.7. The Morgan fingerprint density at radius 3 is 2.46 bits per heavy atom. The highest BCUT2D eigenvalue weighted by molar-refractivity contribution is 5.73. The van der Waals surface area contributed by atoms with Gasteiger partial charge in [-0.15, -0.1) is 12.3 Å². The van der Waals surface area contributed by atoms with E-state index in [0.717, 1.165) is 6.42 Å². The molecule has 0 aromatic rings. The van der Waals surface area contributed by atoms with E-state index in [1.807, 2.05) is 13.8 Å².